The normalized spacial score (nSPS) is 12.4. The molecule has 0 unspecified atom stereocenters. The molecule has 0 radical (unpaired) electrons. The molecule has 8 nitrogen and oxygen atoms in total. The summed E-state index contributed by atoms with van der Waals surface area (Å²) in [6.07, 6.45) is 0.528. The SMILES string of the molecule is CCOC(=O)[C@@H](CC)Sc1nc(C)nc2c1c(=O)n(C)c(=O)n2C. The predicted molar refractivity (Wildman–Crippen MR) is 91.3 cm³/mol. The van der Waals surface area contributed by atoms with Crippen LogP contribution in [0.3, 0.4) is 0 Å². The van der Waals surface area contributed by atoms with E-state index in [2.05, 4.69) is 9.97 Å². The van der Waals surface area contributed by atoms with E-state index >= 15 is 0 Å². The van der Waals surface area contributed by atoms with E-state index in [4.69, 9.17) is 4.74 Å². The van der Waals surface area contributed by atoms with Crippen LogP contribution in [0.25, 0.3) is 11.0 Å². The molecule has 0 fully saturated rings. The Morgan fingerprint density at radius 2 is 1.88 bits per heavy atom. The minimum absolute atomic E-state index is 0.234. The van der Waals surface area contributed by atoms with E-state index < -0.39 is 16.5 Å². The molecule has 0 aromatic carbocycles. The number of carbonyl (C=O) groups is 1. The maximum absolute atomic E-state index is 12.5. The molecule has 0 bridgehead atoms. The van der Waals surface area contributed by atoms with Gasteiger partial charge < -0.3 is 4.74 Å². The van der Waals surface area contributed by atoms with Crippen molar-refractivity contribution < 1.29 is 9.53 Å². The van der Waals surface area contributed by atoms with Crippen molar-refractivity contribution in [2.45, 2.75) is 37.5 Å². The van der Waals surface area contributed by atoms with Gasteiger partial charge in [0.1, 0.15) is 21.5 Å². The van der Waals surface area contributed by atoms with Crippen molar-refractivity contribution in [1.29, 1.82) is 0 Å². The van der Waals surface area contributed by atoms with Gasteiger partial charge in [-0.25, -0.2) is 14.8 Å². The van der Waals surface area contributed by atoms with E-state index in [0.717, 1.165) is 16.3 Å². The third-order valence-electron chi connectivity index (χ3n) is 3.55. The molecule has 2 heterocycles. The van der Waals surface area contributed by atoms with Crippen molar-refractivity contribution in [2.24, 2.45) is 14.1 Å². The second kappa shape index (κ2) is 7.16. The van der Waals surface area contributed by atoms with Crippen LogP contribution in [0.15, 0.2) is 14.6 Å². The van der Waals surface area contributed by atoms with Gasteiger partial charge in [0.15, 0.2) is 5.65 Å². The van der Waals surface area contributed by atoms with Gasteiger partial charge in [-0.15, -0.1) is 0 Å². The summed E-state index contributed by atoms with van der Waals surface area (Å²) in [5, 5.41) is 0.135. The molecule has 24 heavy (non-hydrogen) atoms. The molecule has 0 aliphatic rings. The first-order valence-electron chi connectivity index (χ1n) is 7.59. The third-order valence-corrected chi connectivity index (χ3v) is 4.88. The number of thioether (sulfide) groups is 1. The molecule has 0 aliphatic heterocycles. The standard InChI is InChI=1S/C15H20N4O4S/c1-6-9(14(21)23-7-2)24-12-10-11(16-8(3)17-12)18(4)15(22)19(5)13(10)20/h9H,6-7H2,1-5H3/t9-/m1/s1. The molecule has 2 aromatic heterocycles. The van der Waals surface area contributed by atoms with Crippen molar-refractivity contribution in [2.75, 3.05) is 6.61 Å². The predicted octanol–water partition coefficient (Wildman–Crippen LogP) is 0.769. The minimum Gasteiger partial charge on any atom is -0.465 e. The highest BCUT2D eigenvalue weighted by molar-refractivity contribution is 8.00. The topological polar surface area (TPSA) is 96.1 Å². The van der Waals surface area contributed by atoms with Gasteiger partial charge in [-0.05, 0) is 20.3 Å². The molecule has 2 aromatic rings. The number of nitrogens with zero attached hydrogens (tertiary/aromatic N) is 4. The maximum Gasteiger partial charge on any atom is 0.332 e. The smallest absolute Gasteiger partial charge is 0.332 e. The maximum atomic E-state index is 12.5. The minimum atomic E-state index is -0.482. The van der Waals surface area contributed by atoms with Gasteiger partial charge in [0.2, 0.25) is 0 Å². The number of aryl methyl sites for hydroxylation is 2. The molecule has 0 saturated carbocycles. The Balaban J connectivity index is 2.68. The molecule has 1 atom stereocenters. The molecule has 2 rings (SSSR count). The second-order valence-corrected chi connectivity index (χ2v) is 6.44. The lowest BCUT2D eigenvalue weighted by Crippen LogP contribution is -2.38. The van der Waals surface area contributed by atoms with Gasteiger partial charge in [0.25, 0.3) is 5.56 Å². The van der Waals surface area contributed by atoms with Crippen LogP contribution in [0.5, 0.6) is 0 Å². The number of ether oxygens (including phenoxy) is 1. The zero-order valence-electron chi connectivity index (χ0n) is 14.3. The van der Waals surface area contributed by atoms with Crippen LogP contribution >= 0.6 is 11.8 Å². The molecule has 9 heteroatoms. The van der Waals surface area contributed by atoms with Crippen LogP contribution in [-0.2, 0) is 23.6 Å². The summed E-state index contributed by atoms with van der Waals surface area (Å²) >= 11 is 1.16. The van der Waals surface area contributed by atoms with E-state index in [1.807, 2.05) is 6.92 Å². The highest BCUT2D eigenvalue weighted by Crippen LogP contribution is 2.28. The summed E-state index contributed by atoms with van der Waals surface area (Å²) < 4.78 is 7.38. The van der Waals surface area contributed by atoms with Crippen LogP contribution in [-0.4, -0.2) is 36.9 Å². The first-order valence-corrected chi connectivity index (χ1v) is 8.47. The number of aromatic nitrogens is 4. The molecular weight excluding hydrogens is 332 g/mol. The average molecular weight is 352 g/mol. The number of rotatable bonds is 5. The molecule has 130 valence electrons. The van der Waals surface area contributed by atoms with Gasteiger partial charge in [-0.1, -0.05) is 18.7 Å². The molecular formula is C15H20N4O4S. The Bertz CT molecular complexity index is 903. The Morgan fingerprint density at radius 1 is 1.21 bits per heavy atom. The van der Waals surface area contributed by atoms with Crippen LogP contribution in [0.2, 0.25) is 0 Å². The van der Waals surface area contributed by atoms with Crippen LogP contribution in [0.1, 0.15) is 26.1 Å². The monoisotopic (exact) mass is 352 g/mol. The fourth-order valence-electron chi connectivity index (χ4n) is 2.29. The fourth-order valence-corrected chi connectivity index (χ4v) is 3.37. The lowest BCUT2D eigenvalue weighted by atomic mass is 10.3. The Labute approximate surface area is 142 Å². The number of fused-ring (bicyclic) bond motifs is 1. The van der Waals surface area contributed by atoms with Gasteiger partial charge >= 0.3 is 11.7 Å². The number of hydrogen-bond acceptors (Lipinski definition) is 7. The van der Waals surface area contributed by atoms with Crippen molar-refractivity contribution in [3.8, 4) is 0 Å². The van der Waals surface area contributed by atoms with Crippen molar-refractivity contribution in [3.05, 3.63) is 26.7 Å². The lowest BCUT2D eigenvalue weighted by molar-refractivity contribution is -0.142. The first-order chi connectivity index (χ1) is 11.3. The zero-order chi connectivity index (χ0) is 18.0. The molecule has 0 N–H and O–H groups in total. The summed E-state index contributed by atoms with van der Waals surface area (Å²) in [4.78, 5) is 45.2. The molecule has 0 saturated heterocycles. The summed E-state index contributed by atoms with van der Waals surface area (Å²) in [6.45, 7) is 5.57. The van der Waals surface area contributed by atoms with Crippen LogP contribution < -0.4 is 11.2 Å². The van der Waals surface area contributed by atoms with E-state index in [9.17, 15) is 14.4 Å². The van der Waals surface area contributed by atoms with Gasteiger partial charge in [-0.2, -0.15) is 0 Å². The quantitative estimate of drug-likeness (QED) is 0.445. The highest BCUT2D eigenvalue weighted by Gasteiger charge is 2.24. The summed E-state index contributed by atoms with van der Waals surface area (Å²) in [5.74, 6) is 0.0722. The molecule has 0 spiro atoms. The van der Waals surface area contributed by atoms with Crippen molar-refractivity contribution >= 4 is 28.8 Å². The fraction of sp³-hybridized carbons (Fsp3) is 0.533. The summed E-state index contributed by atoms with van der Waals surface area (Å²) in [6, 6.07) is 0. The molecule has 0 amide bonds. The summed E-state index contributed by atoms with van der Waals surface area (Å²) in [7, 11) is 2.95. The zero-order valence-corrected chi connectivity index (χ0v) is 15.1. The summed E-state index contributed by atoms with van der Waals surface area (Å²) in [5.41, 5.74) is -0.676. The van der Waals surface area contributed by atoms with Gasteiger partial charge in [-0.3, -0.25) is 18.7 Å². The number of hydrogen-bond donors (Lipinski definition) is 0. The van der Waals surface area contributed by atoms with Crippen molar-refractivity contribution in [3.63, 3.8) is 0 Å². The Hall–Kier alpha value is -2.16. The lowest BCUT2D eigenvalue weighted by Gasteiger charge is -2.15. The molecule has 0 aliphatic carbocycles. The highest BCUT2D eigenvalue weighted by atomic mass is 32.2. The Kier molecular flexibility index (Phi) is 5.43. The van der Waals surface area contributed by atoms with Crippen molar-refractivity contribution in [1.82, 2.24) is 19.1 Å². The average Bonchev–Trinajstić information content (AvgIpc) is 2.55. The van der Waals surface area contributed by atoms with E-state index in [0.29, 0.717) is 17.3 Å². The van der Waals surface area contributed by atoms with Crippen LogP contribution in [0, 0.1) is 6.92 Å². The second-order valence-electron chi connectivity index (χ2n) is 5.25. The van der Waals surface area contributed by atoms with Gasteiger partial charge in [0.05, 0.1) is 6.61 Å². The van der Waals surface area contributed by atoms with E-state index in [1.165, 1.54) is 11.6 Å². The van der Waals surface area contributed by atoms with Gasteiger partial charge in [0, 0.05) is 14.1 Å². The first kappa shape index (κ1) is 18.2. The van der Waals surface area contributed by atoms with E-state index in [-0.39, 0.29) is 23.6 Å². The third kappa shape index (κ3) is 3.21. The number of esters is 1. The van der Waals surface area contributed by atoms with E-state index in [1.54, 1.807) is 20.9 Å². The Morgan fingerprint density at radius 3 is 2.46 bits per heavy atom. The van der Waals surface area contributed by atoms with Crippen LogP contribution in [0.4, 0.5) is 0 Å². The number of carbonyl (C=O) groups excluding carboxylic acids is 1. The largest absolute Gasteiger partial charge is 0.465 e.